The lowest BCUT2D eigenvalue weighted by Crippen LogP contribution is -2.38. The molecule has 19 heavy (non-hydrogen) atoms. The molecule has 0 bridgehead atoms. The first-order valence-electron chi connectivity index (χ1n) is 5.73. The second-order valence-electron chi connectivity index (χ2n) is 4.12. The van der Waals surface area contributed by atoms with E-state index in [1.54, 1.807) is 32.3 Å². The standard InChI is InChI=1S/C12H18N4O3/c1-8(7-10(13)15-18)16(2)12(17)9-5-4-6-14-11(9)19-3/h4-6,8,18H,7H2,1-3H3,(H2,13,15). The van der Waals surface area contributed by atoms with Crippen LogP contribution in [-0.2, 0) is 0 Å². The number of ether oxygens (including phenoxy) is 1. The van der Waals surface area contributed by atoms with Gasteiger partial charge in [0.1, 0.15) is 11.4 Å². The minimum atomic E-state index is -0.233. The van der Waals surface area contributed by atoms with Crippen LogP contribution in [0.4, 0.5) is 0 Å². The van der Waals surface area contributed by atoms with Gasteiger partial charge in [0.15, 0.2) is 0 Å². The molecule has 7 heteroatoms. The highest BCUT2D eigenvalue weighted by Crippen LogP contribution is 2.17. The zero-order chi connectivity index (χ0) is 14.4. The monoisotopic (exact) mass is 266 g/mol. The Balaban J connectivity index is 2.87. The fourth-order valence-electron chi connectivity index (χ4n) is 1.59. The SMILES string of the molecule is COc1ncccc1C(=O)N(C)C(C)CC(N)=NO. The highest BCUT2D eigenvalue weighted by Gasteiger charge is 2.21. The Kier molecular flexibility index (Phi) is 5.11. The summed E-state index contributed by atoms with van der Waals surface area (Å²) in [6, 6.07) is 3.09. The summed E-state index contributed by atoms with van der Waals surface area (Å²) in [5.41, 5.74) is 5.81. The quantitative estimate of drug-likeness (QED) is 0.353. The molecule has 1 amide bonds. The van der Waals surface area contributed by atoms with Gasteiger partial charge in [0.25, 0.3) is 5.91 Å². The molecular formula is C12H18N4O3. The Morgan fingerprint density at radius 2 is 2.37 bits per heavy atom. The Hall–Kier alpha value is -2.31. The molecule has 0 radical (unpaired) electrons. The average Bonchev–Trinajstić information content (AvgIpc) is 2.45. The van der Waals surface area contributed by atoms with Gasteiger partial charge in [0.2, 0.25) is 5.88 Å². The van der Waals surface area contributed by atoms with E-state index in [2.05, 4.69) is 10.1 Å². The number of rotatable bonds is 5. The third-order valence-corrected chi connectivity index (χ3v) is 2.81. The summed E-state index contributed by atoms with van der Waals surface area (Å²) in [6.07, 6.45) is 1.83. The van der Waals surface area contributed by atoms with E-state index >= 15 is 0 Å². The van der Waals surface area contributed by atoms with Crippen molar-refractivity contribution in [3.8, 4) is 5.88 Å². The van der Waals surface area contributed by atoms with Crippen molar-refractivity contribution >= 4 is 11.7 Å². The fraction of sp³-hybridized carbons (Fsp3) is 0.417. The van der Waals surface area contributed by atoms with Gasteiger partial charge >= 0.3 is 0 Å². The number of hydrogen-bond acceptors (Lipinski definition) is 5. The van der Waals surface area contributed by atoms with Crippen LogP contribution < -0.4 is 10.5 Å². The van der Waals surface area contributed by atoms with Gasteiger partial charge in [0, 0.05) is 25.7 Å². The molecule has 0 fully saturated rings. The van der Waals surface area contributed by atoms with Crippen LogP contribution in [0.1, 0.15) is 23.7 Å². The van der Waals surface area contributed by atoms with Gasteiger partial charge in [-0.3, -0.25) is 4.79 Å². The molecule has 1 aromatic heterocycles. The van der Waals surface area contributed by atoms with Crippen LogP contribution in [0.15, 0.2) is 23.5 Å². The van der Waals surface area contributed by atoms with Crippen LogP contribution in [0.3, 0.4) is 0 Å². The summed E-state index contributed by atoms with van der Waals surface area (Å²) >= 11 is 0. The van der Waals surface area contributed by atoms with Crippen molar-refractivity contribution in [2.24, 2.45) is 10.9 Å². The smallest absolute Gasteiger partial charge is 0.259 e. The van der Waals surface area contributed by atoms with Gasteiger partial charge in [-0.25, -0.2) is 4.98 Å². The molecule has 1 unspecified atom stereocenters. The minimum absolute atomic E-state index is 0.0744. The summed E-state index contributed by atoms with van der Waals surface area (Å²) < 4.78 is 5.05. The molecule has 1 rings (SSSR count). The van der Waals surface area contributed by atoms with Gasteiger partial charge in [-0.2, -0.15) is 0 Å². The minimum Gasteiger partial charge on any atom is -0.480 e. The predicted molar refractivity (Wildman–Crippen MR) is 70.4 cm³/mol. The molecule has 1 atom stereocenters. The Bertz CT molecular complexity index is 476. The number of nitrogens with zero attached hydrogens (tertiary/aromatic N) is 3. The van der Waals surface area contributed by atoms with E-state index in [1.165, 1.54) is 12.0 Å². The molecule has 7 nitrogen and oxygen atoms in total. The third kappa shape index (κ3) is 3.57. The Morgan fingerprint density at radius 3 is 2.95 bits per heavy atom. The zero-order valence-corrected chi connectivity index (χ0v) is 11.2. The molecule has 1 heterocycles. The topological polar surface area (TPSA) is 101 Å². The Morgan fingerprint density at radius 1 is 1.68 bits per heavy atom. The molecule has 0 aromatic carbocycles. The lowest BCUT2D eigenvalue weighted by atomic mass is 10.1. The van der Waals surface area contributed by atoms with Crippen molar-refractivity contribution in [2.75, 3.05) is 14.2 Å². The highest BCUT2D eigenvalue weighted by molar-refractivity contribution is 5.96. The molecule has 0 saturated carbocycles. The van der Waals surface area contributed by atoms with Crippen LogP contribution in [-0.4, -0.2) is 47.0 Å². The first-order valence-corrected chi connectivity index (χ1v) is 5.73. The number of amides is 1. The van der Waals surface area contributed by atoms with Crippen LogP contribution in [0.5, 0.6) is 5.88 Å². The lowest BCUT2D eigenvalue weighted by Gasteiger charge is -2.24. The number of pyridine rings is 1. The molecule has 0 aliphatic rings. The highest BCUT2D eigenvalue weighted by atomic mass is 16.5. The molecule has 3 N–H and O–H groups in total. The van der Waals surface area contributed by atoms with Gasteiger partial charge in [0.05, 0.1) is 7.11 Å². The molecular weight excluding hydrogens is 248 g/mol. The van der Waals surface area contributed by atoms with Crippen molar-refractivity contribution in [3.63, 3.8) is 0 Å². The molecule has 1 aromatic rings. The summed E-state index contributed by atoms with van der Waals surface area (Å²) in [5.74, 6) is 0.115. The lowest BCUT2D eigenvalue weighted by molar-refractivity contribution is 0.0743. The number of carbonyl (C=O) groups excluding carboxylic acids is 1. The summed E-state index contributed by atoms with van der Waals surface area (Å²) in [6.45, 7) is 1.80. The molecule has 104 valence electrons. The van der Waals surface area contributed by atoms with Crippen molar-refractivity contribution in [2.45, 2.75) is 19.4 Å². The van der Waals surface area contributed by atoms with Gasteiger partial charge in [-0.05, 0) is 19.1 Å². The molecule has 0 aliphatic heterocycles. The van der Waals surface area contributed by atoms with E-state index in [1.807, 2.05) is 0 Å². The number of oxime groups is 1. The maximum Gasteiger partial charge on any atom is 0.259 e. The number of methoxy groups -OCH3 is 1. The summed E-state index contributed by atoms with van der Waals surface area (Å²) in [5, 5.41) is 11.4. The second kappa shape index (κ2) is 6.58. The summed E-state index contributed by atoms with van der Waals surface area (Å²) in [4.78, 5) is 17.8. The van der Waals surface area contributed by atoms with E-state index in [-0.39, 0.29) is 30.1 Å². The predicted octanol–water partition coefficient (Wildman–Crippen LogP) is 0.687. The van der Waals surface area contributed by atoms with E-state index in [9.17, 15) is 4.79 Å². The van der Waals surface area contributed by atoms with Crippen LogP contribution in [0.25, 0.3) is 0 Å². The van der Waals surface area contributed by atoms with Crippen molar-refractivity contribution < 1.29 is 14.7 Å². The Labute approximate surface area is 111 Å². The number of nitrogens with two attached hydrogens (primary N) is 1. The molecule has 0 saturated heterocycles. The van der Waals surface area contributed by atoms with E-state index in [4.69, 9.17) is 15.7 Å². The second-order valence-corrected chi connectivity index (χ2v) is 4.12. The first-order chi connectivity index (χ1) is 9.01. The van der Waals surface area contributed by atoms with Gasteiger partial charge < -0.3 is 20.6 Å². The van der Waals surface area contributed by atoms with Crippen LogP contribution >= 0.6 is 0 Å². The van der Waals surface area contributed by atoms with Crippen LogP contribution in [0.2, 0.25) is 0 Å². The van der Waals surface area contributed by atoms with Crippen molar-refractivity contribution in [1.29, 1.82) is 0 Å². The first kappa shape index (κ1) is 14.7. The average molecular weight is 266 g/mol. The third-order valence-electron chi connectivity index (χ3n) is 2.81. The van der Waals surface area contributed by atoms with E-state index in [0.717, 1.165) is 0 Å². The number of carbonyl (C=O) groups is 1. The normalized spacial score (nSPS) is 12.9. The maximum absolute atomic E-state index is 12.3. The van der Waals surface area contributed by atoms with Crippen molar-refractivity contribution in [1.82, 2.24) is 9.88 Å². The van der Waals surface area contributed by atoms with Crippen LogP contribution in [0, 0.1) is 0 Å². The summed E-state index contributed by atoms with van der Waals surface area (Å²) in [7, 11) is 3.10. The number of hydrogen-bond donors (Lipinski definition) is 2. The zero-order valence-electron chi connectivity index (χ0n) is 11.2. The van der Waals surface area contributed by atoms with E-state index < -0.39 is 0 Å². The van der Waals surface area contributed by atoms with Gasteiger partial charge in [-0.15, -0.1) is 0 Å². The molecule has 0 spiro atoms. The van der Waals surface area contributed by atoms with Gasteiger partial charge in [-0.1, -0.05) is 5.16 Å². The molecule has 0 aliphatic carbocycles. The number of amidine groups is 1. The van der Waals surface area contributed by atoms with Crippen molar-refractivity contribution in [3.05, 3.63) is 23.9 Å². The maximum atomic E-state index is 12.3. The van der Waals surface area contributed by atoms with E-state index in [0.29, 0.717) is 5.56 Å². The fourth-order valence-corrected chi connectivity index (χ4v) is 1.59. The largest absolute Gasteiger partial charge is 0.480 e. The number of aromatic nitrogens is 1.